The fourth-order valence-electron chi connectivity index (χ4n) is 3.86. The van der Waals surface area contributed by atoms with Crippen LogP contribution in [-0.4, -0.2) is 58.4 Å². The number of carbonyl (C=O) groups excluding carboxylic acids is 2. The Morgan fingerprint density at radius 1 is 1.06 bits per heavy atom. The third-order valence-electron chi connectivity index (χ3n) is 5.65. The molecule has 0 saturated carbocycles. The van der Waals surface area contributed by atoms with Crippen LogP contribution in [0.3, 0.4) is 0 Å². The SMILES string of the molecule is CC(C)c1ccc(C(NC(=O)C2CC(F)CN2C(=O)C(O)CO)c2ccccc2)cc1. The Hall–Kier alpha value is -2.77. The number of rotatable bonds is 7. The van der Waals surface area contributed by atoms with Crippen molar-refractivity contribution in [2.24, 2.45) is 0 Å². The highest BCUT2D eigenvalue weighted by Gasteiger charge is 2.42. The van der Waals surface area contributed by atoms with E-state index < -0.39 is 42.8 Å². The Labute approximate surface area is 181 Å². The number of carbonyl (C=O) groups is 2. The number of nitrogens with zero attached hydrogens (tertiary/aromatic N) is 1. The number of nitrogens with one attached hydrogen (secondary N) is 1. The molecule has 2 aromatic rings. The Bertz CT molecular complexity index is 888. The summed E-state index contributed by atoms with van der Waals surface area (Å²) in [6, 6.07) is 15.8. The van der Waals surface area contributed by atoms with E-state index in [0.29, 0.717) is 5.92 Å². The maximum Gasteiger partial charge on any atom is 0.254 e. The van der Waals surface area contributed by atoms with Gasteiger partial charge in [0.1, 0.15) is 12.2 Å². The van der Waals surface area contributed by atoms with Crippen molar-refractivity contribution in [2.45, 2.75) is 50.5 Å². The van der Waals surface area contributed by atoms with Crippen molar-refractivity contribution in [3.05, 3.63) is 71.3 Å². The molecule has 3 N–H and O–H groups in total. The monoisotopic (exact) mass is 428 g/mol. The lowest BCUT2D eigenvalue weighted by Gasteiger charge is -2.28. The number of aliphatic hydroxyl groups is 2. The van der Waals surface area contributed by atoms with Gasteiger partial charge in [0.25, 0.3) is 5.91 Å². The lowest BCUT2D eigenvalue weighted by Crippen LogP contribution is -2.50. The number of hydrogen-bond donors (Lipinski definition) is 3. The van der Waals surface area contributed by atoms with Gasteiger partial charge in [-0.05, 0) is 22.6 Å². The second-order valence-electron chi connectivity index (χ2n) is 8.21. The van der Waals surface area contributed by atoms with Gasteiger partial charge in [0, 0.05) is 6.42 Å². The first kappa shape index (κ1) is 22.9. The smallest absolute Gasteiger partial charge is 0.254 e. The maximum absolute atomic E-state index is 14.1. The molecular weight excluding hydrogens is 399 g/mol. The molecule has 1 heterocycles. The summed E-state index contributed by atoms with van der Waals surface area (Å²) in [5.41, 5.74) is 2.90. The zero-order valence-electron chi connectivity index (χ0n) is 17.7. The highest BCUT2D eigenvalue weighted by atomic mass is 19.1. The third-order valence-corrected chi connectivity index (χ3v) is 5.65. The standard InChI is InChI=1S/C24H29FN2O4/c1-15(2)16-8-10-18(11-9-16)22(17-6-4-3-5-7-17)26-23(30)20-12-19(25)13-27(20)24(31)21(29)14-28/h3-11,15,19-22,28-29H,12-14H2,1-2H3,(H,26,30). The van der Waals surface area contributed by atoms with Gasteiger partial charge in [0.05, 0.1) is 19.2 Å². The summed E-state index contributed by atoms with van der Waals surface area (Å²) in [5.74, 6) is -0.975. The van der Waals surface area contributed by atoms with E-state index in [-0.39, 0.29) is 13.0 Å². The van der Waals surface area contributed by atoms with E-state index in [2.05, 4.69) is 19.2 Å². The Balaban J connectivity index is 1.87. The molecule has 0 bridgehead atoms. The molecule has 4 atom stereocenters. The molecule has 1 aliphatic heterocycles. The van der Waals surface area contributed by atoms with Crippen LogP contribution in [0.2, 0.25) is 0 Å². The summed E-state index contributed by atoms with van der Waals surface area (Å²) >= 11 is 0. The fourth-order valence-corrected chi connectivity index (χ4v) is 3.86. The van der Waals surface area contributed by atoms with Crippen molar-refractivity contribution < 1.29 is 24.2 Å². The average Bonchev–Trinajstić information content (AvgIpc) is 3.18. The lowest BCUT2D eigenvalue weighted by atomic mass is 9.95. The van der Waals surface area contributed by atoms with Crippen LogP contribution in [0.4, 0.5) is 4.39 Å². The molecule has 1 aliphatic rings. The van der Waals surface area contributed by atoms with Crippen molar-refractivity contribution in [1.29, 1.82) is 0 Å². The summed E-state index contributed by atoms with van der Waals surface area (Å²) in [7, 11) is 0. The van der Waals surface area contributed by atoms with Crippen LogP contribution in [0.5, 0.6) is 0 Å². The molecule has 0 radical (unpaired) electrons. The fraction of sp³-hybridized carbons (Fsp3) is 0.417. The van der Waals surface area contributed by atoms with E-state index in [0.717, 1.165) is 16.0 Å². The summed E-state index contributed by atoms with van der Waals surface area (Å²) in [6.07, 6.45) is -3.19. The quantitative estimate of drug-likeness (QED) is 0.631. The van der Waals surface area contributed by atoms with Crippen LogP contribution in [0.1, 0.15) is 48.9 Å². The molecule has 4 unspecified atom stereocenters. The molecule has 0 aromatic heterocycles. The van der Waals surface area contributed by atoms with Gasteiger partial charge in [-0.2, -0.15) is 0 Å². The number of alkyl halides is 1. The number of hydrogen-bond acceptors (Lipinski definition) is 4. The van der Waals surface area contributed by atoms with Crippen LogP contribution in [0.25, 0.3) is 0 Å². The normalized spacial score (nSPS) is 20.5. The topological polar surface area (TPSA) is 89.9 Å². The van der Waals surface area contributed by atoms with Gasteiger partial charge in [0.2, 0.25) is 5.91 Å². The number of aliphatic hydroxyl groups excluding tert-OH is 2. The van der Waals surface area contributed by atoms with E-state index in [1.807, 2.05) is 54.6 Å². The van der Waals surface area contributed by atoms with Gasteiger partial charge in [-0.25, -0.2) is 4.39 Å². The minimum absolute atomic E-state index is 0.149. The van der Waals surface area contributed by atoms with Crippen molar-refractivity contribution in [1.82, 2.24) is 10.2 Å². The third kappa shape index (κ3) is 5.29. The minimum Gasteiger partial charge on any atom is -0.393 e. The van der Waals surface area contributed by atoms with Crippen LogP contribution in [0.15, 0.2) is 54.6 Å². The van der Waals surface area contributed by atoms with Gasteiger partial charge >= 0.3 is 0 Å². The van der Waals surface area contributed by atoms with Gasteiger partial charge in [-0.3, -0.25) is 9.59 Å². The molecule has 0 spiro atoms. The summed E-state index contributed by atoms with van der Waals surface area (Å²) < 4.78 is 14.1. The van der Waals surface area contributed by atoms with Gasteiger partial charge < -0.3 is 20.4 Å². The Morgan fingerprint density at radius 2 is 1.65 bits per heavy atom. The molecule has 6 nitrogen and oxygen atoms in total. The summed E-state index contributed by atoms with van der Waals surface area (Å²) in [5, 5.41) is 21.7. The van der Waals surface area contributed by atoms with Crippen LogP contribution >= 0.6 is 0 Å². The van der Waals surface area contributed by atoms with Crippen LogP contribution in [-0.2, 0) is 9.59 Å². The number of benzene rings is 2. The largest absolute Gasteiger partial charge is 0.393 e. The second kappa shape index (κ2) is 10.0. The maximum atomic E-state index is 14.1. The number of amides is 2. The van der Waals surface area contributed by atoms with Crippen LogP contribution in [0, 0.1) is 0 Å². The van der Waals surface area contributed by atoms with Crippen molar-refractivity contribution in [2.75, 3.05) is 13.2 Å². The molecule has 2 amide bonds. The van der Waals surface area contributed by atoms with Crippen molar-refractivity contribution in [3.63, 3.8) is 0 Å². The van der Waals surface area contributed by atoms with Crippen molar-refractivity contribution in [3.8, 4) is 0 Å². The second-order valence-corrected chi connectivity index (χ2v) is 8.21. The van der Waals surface area contributed by atoms with Gasteiger partial charge in [-0.1, -0.05) is 68.4 Å². The first-order valence-corrected chi connectivity index (χ1v) is 10.5. The highest BCUT2D eigenvalue weighted by Crippen LogP contribution is 2.27. The van der Waals surface area contributed by atoms with Crippen molar-refractivity contribution >= 4 is 11.8 Å². The lowest BCUT2D eigenvalue weighted by molar-refractivity contribution is -0.147. The molecule has 1 saturated heterocycles. The van der Waals surface area contributed by atoms with E-state index in [1.54, 1.807) is 0 Å². The summed E-state index contributed by atoms with van der Waals surface area (Å²) in [6.45, 7) is 3.14. The minimum atomic E-state index is -1.67. The molecular formula is C24H29FN2O4. The first-order chi connectivity index (χ1) is 14.8. The number of halogens is 1. The summed E-state index contributed by atoms with van der Waals surface area (Å²) in [4.78, 5) is 26.5. The number of likely N-dealkylation sites (tertiary alicyclic amines) is 1. The first-order valence-electron chi connectivity index (χ1n) is 10.5. The predicted octanol–water partition coefficient (Wildman–Crippen LogP) is 2.31. The Kier molecular flexibility index (Phi) is 7.41. The van der Waals surface area contributed by atoms with E-state index in [1.165, 1.54) is 5.56 Å². The Morgan fingerprint density at radius 3 is 2.23 bits per heavy atom. The van der Waals surface area contributed by atoms with Gasteiger partial charge in [0.15, 0.2) is 6.10 Å². The zero-order valence-corrected chi connectivity index (χ0v) is 17.7. The zero-order chi connectivity index (χ0) is 22.5. The van der Waals surface area contributed by atoms with E-state index >= 15 is 0 Å². The molecule has 166 valence electrons. The average molecular weight is 429 g/mol. The molecule has 31 heavy (non-hydrogen) atoms. The molecule has 2 aromatic carbocycles. The predicted molar refractivity (Wildman–Crippen MR) is 115 cm³/mol. The molecule has 1 fully saturated rings. The van der Waals surface area contributed by atoms with Crippen LogP contribution < -0.4 is 5.32 Å². The highest BCUT2D eigenvalue weighted by molar-refractivity contribution is 5.90. The van der Waals surface area contributed by atoms with E-state index in [4.69, 9.17) is 5.11 Å². The molecule has 7 heteroatoms. The van der Waals surface area contributed by atoms with E-state index in [9.17, 15) is 19.1 Å². The van der Waals surface area contributed by atoms with Gasteiger partial charge in [-0.15, -0.1) is 0 Å². The molecule has 3 rings (SSSR count). The molecule has 0 aliphatic carbocycles.